The van der Waals surface area contributed by atoms with Gasteiger partial charge in [0.1, 0.15) is 5.76 Å². The molecule has 0 atom stereocenters. The summed E-state index contributed by atoms with van der Waals surface area (Å²) in [6.07, 6.45) is 0. The number of hydrogen-bond donors (Lipinski definition) is 1. The smallest absolute Gasteiger partial charge is 0.276 e. The lowest BCUT2D eigenvalue weighted by molar-refractivity contribution is 0.184. The fourth-order valence-electron chi connectivity index (χ4n) is 1.10. The SMILES string of the molecule is COCCN(C)S(=O)(=O)c1ccc(CN)o1. The molecule has 0 spiro atoms. The van der Waals surface area contributed by atoms with Crippen molar-refractivity contribution in [3.8, 4) is 0 Å². The van der Waals surface area contributed by atoms with E-state index in [1.165, 1.54) is 24.5 Å². The van der Waals surface area contributed by atoms with Crippen LogP contribution in [-0.2, 0) is 21.3 Å². The van der Waals surface area contributed by atoms with E-state index in [1.807, 2.05) is 0 Å². The molecule has 0 unspecified atom stereocenters. The Hall–Kier alpha value is -0.890. The van der Waals surface area contributed by atoms with Crippen LogP contribution in [0.2, 0.25) is 0 Å². The lowest BCUT2D eigenvalue weighted by Gasteiger charge is -2.14. The zero-order valence-corrected chi connectivity index (χ0v) is 10.2. The first-order valence-electron chi connectivity index (χ1n) is 4.76. The summed E-state index contributed by atoms with van der Waals surface area (Å²) in [4.78, 5) is 0. The summed E-state index contributed by atoms with van der Waals surface area (Å²) >= 11 is 0. The highest BCUT2D eigenvalue weighted by molar-refractivity contribution is 7.89. The summed E-state index contributed by atoms with van der Waals surface area (Å²) in [5.74, 6) is 0.443. The molecule has 0 aliphatic rings. The predicted molar refractivity (Wildman–Crippen MR) is 58.3 cm³/mol. The van der Waals surface area contributed by atoms with E-state index in [9.17, 15) is 8.42 Å². The third-order valence-electron chi connectivity index (χ3n) is 2.11. The van der Waals surface area contributed by atoms with Crippen molar-refractivity contribution in [2.45, 2.75) is 11.6 Å². The van der Waals surface area contributed by atoms with Gasteiger partial charge in [-0.15, -0.1) is 0 Å². The summed E-state index contributed by atoms with van der Waals surface area (Å²) in [6.45, 7) is 0.787. The average molecular weight is 248 g/mol. The molecule has 1 heterocycles. The van der Waals surface area contributed by atoms with E-state index in [0.29, 0.717) is 12.4 Å². The Morgan fingerprint density at radius 1 is 1.50 bits per heavy atom. The minimum atomic E-state index is -3.57. The molecule has 0 radical (unpaired) electrons. The predicted octanol–water partition coefficient (Wildman–Crippen LogP) is 0.00520. The van der Waals surface area contributed by atoms with Crippen LogP contribution in [0.5, 0.6) is 0 Å². The van der Waals surface area contributed by atoms with Crippen LogP contribution in [0.4, 0.5) is 0 Å². The Labute approximate surface area is 95.0 Å². The van der Waals surface area contributed by atoms with Crippen LogP contribution in [-0.4, -0.2) is 40.0 Å². The van der Waals surface area contributed by atoms with Crippen molar-refractivity contribution < 1.29 is 17.6 Å². The van der Waals surface area contributed by atoms with Gasteiger partial charge in [-0.1, -0.05) is 0 Å². The van der Waals surface area contributed by atoms with E-state index < -0.39 is 10.0 Å². The van der Waals surface area contributed by atoms with E-state index in [-0.39, 0.29) is 18.2 Å². The molecule has 1 rings (SSSR count). The van der Waals surface area contributed by atoms with Crippen molar-refractivity contribution >= 4 is 10.0 Å². The number of methoxy groups -OCH3 is 1. The Morgan fingerprint density at radius 2 is 2.19 bits per heavy atom. The maximum absolute atomic E-state index is 11.9. The molecule has 0 saturated carbocycles. The van der Waals surface area contributed by atoms with Gasteiger partial charge in [0.2, 0.25) is 5.09 Å². The molecule has 2 N–H and O–H groups in total. The van der Waals surface area contributed by atoms with Gasteiger partial charge in [-0.3, -0.25) is 0 Å². The second-order valence-corrected chi connectivity index (χ2v) is 5.22. The largest absolute Gasteiger partial charge is 0.447 e. The Bertz CT molecular complexity index is 426. The van der Waals surface area contributed by atoms with Crippen LogP contribution in [0.15, 0.2) is 21.6 Å². The molecule has 0 saturated heterocycles. The highest BCUT2D eigenvalue weighted by Gasteiger charge is 2.23. The standard InChI is InChI=1S/C9H16N2O4S/c1-11(5-6-14-2)16(12,13)9-4-3-8(7-10)15-9/h3-4H,5-7,10H2,1-2H3. The molecule has 7 heteroatoms. The lowest BCUT2D eigenvalue weighted by Crippen LogP contribution is -2.29. The zero-order valence-electron chi connectivity index (χ0n) is 9.34. The molecule has 0 aliphatic carbocycles. The minimum absolute atomic E-state index is 0.0912. The van der Waals surface area contributed by atoms with Crippen LogP contribution in [0, 0.1) is 0 Å². The second kappa shape index (κ2) is 5.44. The number of furan rings is 1. The van der Waals surface area contributed by atoms with Crippen molar-refractivity contribution in [1.29, 1.82) is 0 Å². The average Bonchev–Trinajstić information content (AvgIpc) is 2.74. The summed E-state index contributed by atoms with van der Waals surface area (Å²) in [6, 6.07) is 2.96. The van der Waals surface area contributed by atoms with Crippen LogP contribution < -0.4 is 5.73 Å². The Balaban J connectivity index is 2.84. The number of rotatable bonds is 6. The molecule has 0 amide bonds. The van der Waals surface area contributed by atoms with Crippen molar-refractivity contribution in [3.05, 3.63) is 17.9 Å². The van der Waals surface area contributed by atoms with Crippen LogP contribution >= 0.6 is 0 Å². The molecule has 1 aromatic heterocycles. The second-order valence-electron chi connectivity index (χ2n) is 3.24. The minimum Gasteiger partial charge on any atom is -0.447 e. The maximum atomic E-state index is 11.9. The first kappa shape index (κ1) is 13.2. The van der Waals surface area contributed by atoms with Gasteiger partial charge in [0.05, 0.1) is 13.2 Å². The van der Waals surface area contributed by atoms with E-state index >= 15 is 0 Å². The molecule has 6 nitrogen and oxygen atoms in total. The van der Waals surface area contributed by atoms with Gasteiger partial charge in [-0.05, 0) is 12.1 Å². The fraction of sp³-hybridized carbons (Fsp3) is 0.556. The molecule has 0 fully saturated rings. The van der Waals surface area contributed by atoms with Gasteiger partial charge in [-0.2, -0.15) is 4.31 Å². The van der Waals surface area contributed by atoms with Gasteiger partial charge in [-0.25, -0.2) is 8.42 Å². The van der Waals surface area contributed by atoms with Gasteiger partial charge < -0.3 is 14.9 Å². The summed E-state index contributed by atoms with van der Waals surface area (Å²) in [5.41, 5.74) is 5.34. The van der Waals surface area contributed by atoms with Crippen molar-refractivity contribution in [1.82, 2.24) is 4.31 Å². The lowest BCUT2D eigenvalue weighted by atomic mass is 10.5. The monoisotopic (exact) mass is 248 g/mol. The number of likely N-dealkylation sites (N-methyl/N-ethyl adjacent to an activating group) is 1. The molecule has 1 aromatic rings. The molecule has 0 aromatic carbocycles. The number of hydrogen-bond acceptors (Lipinski definition) is 5. The van der Waals surface area contributed by atoms with Gasteiger partial charge >= 0.3 is 0 Å². The van der Waals surface area contributed by atoms with Gasteiger partial charge in [0.25, 0.3) is 10.0 Å². The molecule has 0 aliphatic heterocycles. The van der Waals surface area contributed by atoms with Crippen LogP contribution in [0.3, 0.4) is 0 Å². The van der Waals surface area contributed by atoms with E-state index in [0.717, 1.165) is 0 Å². The number of sulfonamides is 1. The third kappa shape index (κ3) is 2.82. The highest BCUT2D eigenvalue weighted by atomic mass is 32.2. The van der Waals surface area contributed by atoms with Gasteiger partial charge in [0, 0.05) is 20.7 Å². The zero-order chi connectivity index (χ0) is 12.2. The van der Waals surface area contributed by atoms with Crippen LogP contribution in [0.1, 0.15) is 5.76 Å². The molecule has 16 heavy (non-hydrogen) atoms. The Morgan fingerprint density at radius 3 is 2.69 bits per heavy atom. The van der Waals surface area contributed by atoms with Crippen LogP contribution in [0.25, 0.3) is 0 Å². The molecule has 0 bridgehead atoms. The quantitative estimate of drug-likeness (QED) is 0.766. The summed E-state index contributed by atoms with van der Waals surface area (Å²) in [7, 11) is -0.584. The van der Waals surface area contributed by atoms with E-state index in [4.69, 9.17) is 14.9 Å². The first-order valence-corrected chi connectivity index (χ1v) is 6.20. The van der Waals surface area contributed by atoms with Gasteiger partial charge in [0.15, 0.2) is 0 Å². The molecule has 92 valence electrons. The normalized spacial score (nSPS) is 12.2. The number of nitrogens with zero attached hydrogens (tertiary/aromatic N) is 1. The summed E-state index contributed by atoms with van der Waals surface area (Å²) in [5, 5.41) is -0.0912. The maximum Gasteiger partial charge on any atom is 0.276 e. The van der Waals surface area contributed by atoms with Crippen molar-refractivity contribution in [2.75, 3.05) is 27.3 Å². The molecular weight excluding hydrogens is 232 g/mol. The van der Waals surface area contributed by atoms with Crippen molar-refractivity contribution in [2.24, 2.45) is 5.73 Å². The fourth-order valence-corrected chi connectivity index (χ4v) is 2.17. The highest BCUT2D eigenvalue weighted by Crippen LogP contribution is 2.17. The number of ether oxygens (including phenoxy) is 1. The van der Waals surface area contributed by atoms with E-state index in [1.54, 1.807) is 6.07 Å². The van der Waals surface area contributed by atoms with E-state index in [2.05, 4.69) is 0 Å². The summed E-state index contributed by atoms with van der Waals surface area (Å²) < 4.78 is 34.9. The first-order chi connectivity index (χ1) is 7.52. The molecular formula is C9H16N2O4S. The third-order valence-corrected chi connectivity index (χ3v) is 3.84. The topological polar surface area (TPSA) is 85.8 Å². The number of nitrogens with two attached hydrogens (primary N) is 1. The van der Waals surface area contributed by atoms with Crippen molar-refractivity contribution in [3.63, 3.8) is 0 Å². The Kier molecular flexibility index (Phi) is 4.48.